The molecule has 2 fully saturated rings. The Morgan fingerprint density at radius 2 is 1.83 bits per heavy atom. The number of hydrogen-bond acceptors (Lipinski definition) is 6. The van der Waals surface area contributed by atoms with Gasteiger partial charge in [-0.25, -0.2) is 4.79 Å². The average Bonchev–Trinajstić information content (AvgIpc) is 3.22. The molecule has 0 aromatic rings. The van der Waals surface area contributed by atoms with Gasteiger partial charge in [0, 0.05) is 12.8 Å². The lowest BCUT2D eigenvalue weighted by molar-refractivity contribution is -0.170. The van der Waals surface area contributed by atoms with Gasteiger partial charge in [0.05, 0.1) is 31.5 Å². The molecule has 30 heavy (non-hydrogen) atoms. The first-order valence-electron chi connectivity index (χ1n) is 9.32. The molecule has 0 heterocycles. The molecule has 0 spiro atoms. The Bertz CT molecular complexity index is 810. The Hall–Kier alpha value is -1.71. The van der Waals surface area contributed by atoms with Gasteiger partial charge < -0.3 is 9.47 Å². The van der Waals surface area contributed by atoms with E-state index < -0.39 is 46.9 Å². The molecule has 2 rings (SSSR count). The van der Waals surface area contributed by atoms with Crippen LogP contribution in [0, 0.1) is 35.0 Å². The van der Waals surface area contributed by atoms with Crippen molar-refractivity contribution in [1.82, 2.24) is 0 Å². The molecule has 0 saturated heterocycles. The van der Waals surface area contributed by atoms with Crippen molar-refractivity contribution in [3.63, 3.8) is 0 Å². The molecule has 4 atom stereocenters. The van der Waals surface area contributed by atoms with Crippen molar-refractivity contribution < 1.29 is 44.8 Å². The van der Waals surface area contributed by atoms with Gasteiger partial charge in [-0.05, 0) is 42.9 Å². The van der Waals surface area contributed by atoms with Crippen LogP contribution >= 0.6 is 0 Å². The van der Waals surface area contributed by atoms with Crippen LogP contribution in [0.25, 0.3) is 0 Å². The van der Waals surface area contributed by atoms with Gasteiger partial charge in [-0.3, -0.25) is 4.55 Å². The van der Waals surface area contributed by atoms with Crippen LogP contribution in [0.3, 0.4) is 0 Å². The minimum atomic E-state index is -6.30. The number of hydrogen-bond donors (Lipinski definition) is 1. The number of halogens is 4. The maximum absolute atomic E-state index is 13.3. The Morgan fingerprint density at radius 1 is 1.20 bits per heavy atom. The first-order chi connectivity index (χ1) is 13.8. The van der Waals surface area contributed by atoms with E-state index in [2.05, 4.69) is 12.6 Å². The third-order valence-electron chi connectivity index (χ3n) is 5.75. The molecule has 170 valence electrons. The van der Waals surface area contributed by atoms with Crippen LogP contribution in [0.2, 0.25) is 0 Å². The largest absolute Gasteiger partial charge is 0.462 e. The van der Waals surface area contributed by atoms with Gasteiger partial charge in [0.25, 0.3) is 0 Å². The molecule has 1 N–H and O–H groups in total. The number of nitrogens with zero attached hydrogens (tertiary/aromatic N) is 1. The summed E-state index contributed by atoms with van der Waals surface area (Å²) in [5.41, 5.74) is -0.211. The summed E-state index contributed by atoms with van der Waals surface area (Å²) < 4.78 is 91.7. The van der Waals surface area contributed by atoms with Crippen molar-refractivity contribution in [3.8, 4) is 6.07 Å². The normalized spacial score (nSPS) is 26.4. The number of alkyl halides is 4. The summed E-state index contributed by atoms with van der Waals surface area (Å²) >= 11 is 0. The molecule has 0 aromatic carbocycles. The third-order valence-corrected chi connectivity index (χ3v) is 6.69. The Labute approximate surface area is 171 Å². The quantitative estimate of drug-likeness (QED) is 0.167. The van der Waals surface area contributed by atoms with Crippen LogP contribution < -0.4 is 0 Å². The summed E-state index contributed by atoms with van der Waals surface area (Å²) in [5, 5.41) is 3.21. The van der Waals surface area contributed by atoms with Crippen LogP contribution in [0.5, 0.6) is 0 Å². The van der Waals surface area contributed by atoms with Crippen molar-refractivity contribution in [3.05, 3.63) is 12.2 Å². The summed E-state index contributed by atoms with van der Waals surface area (Å²) in [6.45, 7) is 1.96. The monoisotopic (exact) mass is 457 g/mol. The predicted molar refractivity (Wildman–Crippen MR) is 95.0 cm³/mol. The van der Waals surface area contributed by atoms with E-state index in [4.69, 9.17) is 19.3 Å². The fraction of sp³-hybridized carbons (Fsp3) is 0.778. The van der Waals surface area contributed by atoms with Crippen LogP contribution in [0.1, 0.15) is 32.1 Å². The number of fused-ring (bicyclic) bond motifs is 2. The van der Waals surface area contributed by atoms with E-state index in [1.807, 2.05) is 0 Å². The van der Waals surface area contributed by atoms with Crippen molar-refractivity contribution >= 4 is 16.1 Å². The summed E-state index contributed by atoms with van der Waals surface area (Å²) in [6, 6.07) is 2.17. The van der Waals surface area contributed by atoms with E-state index >= 15 is 0 Å². The first kappa shape index (κ1) is 24.6. The molecule has 0 aromatic heterocycles. The van der Waals surface area contributed by atoms with Crippen molar-refractivity contribution in [2.75, 3.05) is 19.8 Å². The molecule has 7 nitrogen and oxygen atoms in total. The van der Waals surface area contributed by atoms with Crippen LogP contribution in [-0.4, -0.2) is 49.9 Å². The number of carbonyl (C=O) groups is 1. The van der Waals surface area contributed by atoms with Gasteiger partial charge in [0.1, 0.15) is 0 Å². The van der Waals surface area contributed by atoms with Crippen LogP contribution in [0.4, 0.5) is 17.6 Å². The Morgan fingerprint density at radius 3 is 2.40 bits per heavy atom. The lowest BCUT2D eigenvalue weighted by atomic mass is 9.79. The van der Waals surface area contributed by atoms with Gasteiger partial charge >= 0.3 is 27.3 Å². The molecule has 12 heteroatoms. The lowest BCUT2D eigenvalue weighted by Crippen LogP contribution is -2.47. The molecule has 2 aliphatic carbocycles. The Kier molecular flexibility index (Phi) is 7.53. The molecule has 0 radical (unpaired) electrons. The van der Waals surface area contributed by atoms with Gasteiger partial charge in [-0.2, -0.15) is 31.2 Å². The van der Waals surface area contributed by atoms with Gasteiger partial charge in [0.15, 0.2) is 0 Å². The van der Waals surface area contributed by atoms with Gasteiger partial charge in [0.2, 0.25) is 0 Å². The third kappa shape index (κ3) is 5.31. The van der Waals surface area contributed by atoms with Crippen LogP contribution in [-0.2, 0) is 24.4 Å². The molecule has 2 saturated carbocycles. The average molecular weight is 457 g/mol. The molecule has 0 aliphatic heterocycles. The maximum atomic E-state index is 13.3. The van der Waals surface area contributed by atoms with E-state index in [9.17, 15) is 30.8 Å². The predicted octanol–water partition coefficient (Wildman–Crippen LogP) is 3.18. The zero-order valence-electron chi connectivity index (χ0n) is 16.0. The van der Waals surface area contributed by atoms with Crippen molar-refractivity contribution in [2.45, 2.75) is 43.3 Å². The number of esters is 1. The second-order valence-corrected chi connectivity index (χ2v) is 9.28. The number of carbonyl (C=O) groups excluding carboxylic acids is 1. The summed E-state index contributed by atoms with van der Waals surface area (Å²) in [4.78, 5) is 12.0. The SMILES string of the molecule is C=C(COCCC(F)(F)C(F)(F)S(=O)(=O)O)C(=O)OCC1CC2CC(CC#N)C1C2. The zero-order chi connectivity index (χ0) is 22.7. The number of nitriles is 1. The summed E-state index contributed by atoms with van der Waals surface area (Å²) in [5.74, 6) is -4.61. The fourth-order valence-electron chi connectivity index (χ4n) is 4.27. The fourth-order valence-corrected chi connectivity index (χ4v) is 4.75. The summed E-state index contributed by atoms with van der Waals surface area (Å²) in [7, 11) is -6.30. The minimum absolute atomic E-state index is 0.138. The number of rotatable bonds is 11. The summed E-state index contributed by atoms with van der Waals surface area (Å²) in [6.07, 6.45) is 1.67. The van der Waals surface area contributed by atoms with E-state index in [-0.39, 0.29) is 18.1 Å². The highest BCUT2D eigenvalue weighted by Crippen LogP contribution is 2.52. The second kappa shape index (κ2) is 9.20. The van der Waals surface area contributed by atoms with E-state index in [1.54, 1.807) is 0 Å². The smallest absolute Gasteiger partial charge is 0.431 e. The van der Waals surface area contributed by atoms with Crippen LogP contribution in [0.15, 0.2) is 12.2 Å². The van der Waals surface area contributed by atoms with Crippen molar-refractivity contribution in [1.29, 1.82) is 5.26 Å². The van der Waals surface area contributed by atoms with E-state index in [1.165, 1.54) is 0 Å². The molecule has 2 bridgehead atoms. The molecule has 4 unspecified atom stereocenters. The Balaban J connectivity index is 1.72. The van der Waals surface area contributed by atoms with E-state index in [0.29, 0.717) is 24.2 Å². The maximum Gasteiger partial charge on any atom is 0.431 e. The minimum Gasteiger partial charge on any atom is -0.462 e. The topological polar surface area (TPSA) is 114 Å². The second-order valence-electron chi connectivity index (χ2n) is 7.82. The van der Waals surface area contributed by atoms with Crippen molar-refractivity contribution in [2.24, 2.45) is 23.7 Å². The van der Waals surface area contributed by atoms with E-state index in [0.717, 1.165) is 19.3 Å². The molecule has 2 aliphatic rings. The zero-order valence-corrected chi connectivity index (χ0v) is 16.8. The lowest BCUT2D eigenvalue weighted by Gasteiger charge is -2.27. The first-order valence-corrected chi connectivity index (χ1v) is 10.8. The number of ether oxygens (including phenoxy) is 2. The molecular formula is C18H23F4NO6S. The molecular weight excluding hydrogens is 434 g/mol. The highest BCUT2D eigenvalue weighted by atomic mass is 32.2. The van der Waals surface area contributed by atoms with Gasteiger partial charge in [-0.1, -0.05) is 6.58 Å². The highest BCUT2D eigenvalue weighted by Gasteiger charge is 2.65. The standard InChI is InChI=1S/C18H23F4NO6S/c1-11(9-28-5-3-17(19,20)18(21,22)30(25,26)27)16(24)29-10-14-7-12-6-13(2-4-23)15(14)8-12/h12-15H,1-3,5-10H2,(H,25,26,27). The molecule has 0 amide bonds. The van der Waals surface area contributed by atoms with Gasteiger partial charge in [-0.15, -0.1) is 0 Å². The highest BCUT2D eigenvalue weighted by molar-refractivity contribution is 7.87.